The zero-order chi connectivity index (χ0) is 13.7. The zero-order valence-corrected chi connectivity index (χ0v) is 11.4. The van der Waals surface area contributed by atoms with Gasteiger partial charge in [-0.25, -0.2) is 0 Å². The summed E-state index contributed by atoms with van der Waals surface area (Å²) >= 11 is 0. The number of amides is 1. The van der Waals surface area contributed by atoms with Gasteiger partial charge in [-0.3, -0.25) is 4.79 Å². The van der Waals surface area contributed by atoms with Gasteiger partial charge in [0.25, 0.3) is 5.91 Å². The largest absolute Gasteiger partial charge is 0.322 e. The molecule has 0 fully saturated rings. The summed E-state index contributed by atoms with van der Waals surface area (Å²) in [6.07, 6.45) is 0.964. The topological polar surface area (TPSA) is 29.1 Å². The molecule has 2 aromatic rings. The minimum Gasteiger partial charge on any atom is -0.322 e. The second-order valence-electron chi connectivity index (χ2n) is 5.08. The quantitative estimate of drug-likeness (QED) is 0.871. The fourth-order valence-electron chi connectivity index (χ4n) is 2.04. The van der Waals surface area contributed by atoms with E-state index in [1.165, 1.54) is 5.56 Å². The van der Waals surface area contributed by atoms with Crippen LogP contribution in [0.5, 0.6) is 0 Å². The lowest BCUT2D eigenvalue weighted by molar-refractivity contribution is 0.102. The van der Waals surface area contributed by atoms with Crippen molar-refractivity contribution in [2.24, 2.45) is 5.92 Å². The Labute approximate surface area is 114 Å². The first-order valence-electron chi connectivity index (χ1n) is 6.61. The van der Waals surface area contributed by atoms with Crippen LogP contribution in [0.2, 0.25) is 0 Å². The predicted octanol–water partition coefficient (Wildman–Crippen LogP) is 4.14. The van der Waals surface area contributed by atoms with Gasteiger partial charge in [-0.2, -0.15) is 0 Å². The van der Waals surface area contributed by atoms with Gasteiger partial charge >= 0.3 is 0 Å². The highest BCUT2D eigenvalue weighted by Gasteiger charge is 2.09. The van der Waals surface area contributed by atoms with Gasteiger partial charge in [0.2, 0.25) is 0 Å². The van der Waals surface area contributed by atoms with E-state index in [0.717, 1.165) is 12.1 Å². The summed E-state index contributed by atoms with van der Waals surface area (Å²) in [5.41, 5.74) is 2.77. The van der Waals surface area contributed by atoms with Gasteiger partial charge in [-0.15, -0.1) is 0 Å². The Bertz CT molecular complexity index is 546. The highest BCUT2D eigenvalue weighted by atomic mass is 16.1. The number of rotatable bonds is 4. The third kappa shape index (κ3) is 3.68. The van der Waals surface area contributed by atoms with E-state index in [0.29, 0.717) is 11.5 Å². The predicted molar refractivity (Wildman–Crippen MR) is 79.4 cm³/mol. The van der Waals surface area contributed by atoms with Crippen LogP contribution in [0.4, 0.5) is 5.69 Å². The molecular formula is C17H19NO. The Morgan fingerprint density at radius 2 is 1.63 bits per heavy atom. The van der Waals surface area contributed by atoms with E-state index in [4.69, 9.17) is 0 Å². The Kier molecular flexibility index (Phi) is 4.35. The lowest BCUT2D eigenvalue weighted by Gasteiger charge is -2.12. The van der Waals surface area contributed by atoms with E-state index in [1.807, 2.05) is 48.5 Å². The average molecular weight is 253 g/mol. The number of carbonyl (C=O) groups excluding carboxylic acids is 1. The molecule has 0 saturated heterocycles. The molecule has 0 aromatic heterocycles. The highest BCUT2D eigenvalue weighted by Crippen LogP contribution is 2.19. The third-order valence-corrected chi connectivity index (χ3v) is 2.93. The van der Waals surface area contributed by atoms with Crippen molar-refractivity contribution in [2.45, 2.75) is 20.3 Å². The second kappa shape index (κ2) is 6.19. The summed E-state index contributed by atoms with van der Waals surface area (Å²) in [7, 11) is 0. The normalized spacial score (nSPS) is 10.5. The molecule has 2 rings (SSSR count). The molecule has 0 heterocycles. The van der Waals surface area contributed by atoms with Crippen molar-refractivity contribution >= 4 is 11.6 Å². The summed E-state index contributed by atoms with van der Waals surface area (Å²) in [5, 5.41) is 2.99. The van der Waals surface area contributed by atoms with E-state index >= 15 is 0 Å². The van der Waals surface area contributed by atoms with E-state index < -0.39 is 0 Å². The van der Waals surface area contributed by atoms with Gasteiger partial charge in [-0.1, -0.05) is 50.2 Å². The minimum absolute atomic E-state index is 0.0585. The van der Waals surface area contributed by atoms with Crippen LogP contribution in [0, 0.1) is 5.92 Å². The van der Waals surface area contributed by atoms with Crippen LogP contribution in [0.3, 0.4) is 0 Å². The Morgan fingerprint density at radius 3 is 2.32 bits per heavy atom. The number of hydrogen-bond acceptors (Lipinski definition) is 1. The summed E-state index contributed by atoms with van der Waals surface area (Å²) in [6, 6.07) is 17.3. The number of benzene rings is 2. The average Bonchev–Trinajstić information content (AvgIpc) is 2.41. The summed E-state index contributed by atoms with van der Waals surface area (Å²) in [6.45, 7) is 4.35. The molecule has 0 spiro atoms. The zero-order valence-electron chi connectivity index (χ0n) is 11.4. The maximum absolute atomic E-state index is 12.1. The first-order chi connectivity index (χ1) is 9.16. The van der Waals surface area contributed by atoms with Gasteiger partial charge in [0, 0.05) is 11.3 Å². The number of carbonyl (C=O) groups is 1. The Balaban J connectivity index is 2.17. The molecule has 98 valence electrons. The van der Waals surface area contributed by atoms with Crippen LogP contribution >= 0.6 is 0 Å². The van der Waals surface area contributed by atoms with Crippen LogP contribution in [0.25, 0.3) is 0 Å². The van der Waals surface area contributed by atoms with Gasteiger partial charge in [0.1, 0.15) is 0 Å². The molecule has 0 radical (unpaired) electrons. The second-order valence-corrected chi connectivity index (χ2v) is 5.08. The van der Waals surface area contributed by atoms with E-state index in [2.05, 4.69) is 25.2 Å². The number of anilines is 1. The van der Waals surface area contributed by atoms with Crippen molar-refractivity contribution in [3.8, 4) is 0 Å². The van der Waals surface area contributed by atoms with E-state index in [-0.39, 0.29) is 5.91 Å². The molecule has 0 atom stereocenters. The minimum atomic E-state index is -0.0585. The summed E-state index contributed by atoms with van der Waals surface area (Å²) < 4.78 is 0. The number of para-hydroxylation sites is 1. The highest BCUT2D eigenvalue weighted by molar-refractivity contribution is 6.04. The molecule has 0 aliphatic carbocycles. The molecule has 0 aliphatic rings. The van der Waals surface area contributed by atoms with Gasteiger partial charge < -0.3 is 5.32 Å². The van der Waals surface area contributed by atoms with Gasteiger partial charge in [0.05, 0.1) is 0 Å². The van der Waals surface area contributed by atoms with Gasteiger partial charge in [0.15, 0.2) is 0 Å². The van der Waals surface area contributed by atoms with Crippen molar-refractivity contribution in [3.63, 3.8) is 0 Å². The molecule has 1 N–H and O–H groups in total. The smallest absolute Gasteiger partial charge is 0.255 e. The SMILES string of the molecule is CC(C)Cc1ccccc1NC(=O)c1ccccc1. The van der Waals surface area contributed by atoms with Crippen LogP contribution in [-0.4, -0.2) is 5.91 Å². The number of hydrogen-bond donors (Lipinski definition) is 1. The standard InChI is InChI=1S/C17H19NO/c1-13(2)12-15-10-6-7-11-16(15)18-17(19)14-8-4-3-5-9-14/h3-11,13H,12H2,1-2H3,(H,18,19). The fraction of sp³-hybridized carbons (Fsp3) is 0.235. The van der Waals surface area contributed by atoms with Crippen LogP contribution in [-0.2, 0) is 6.42 Å². The van der Waals surface area contributed by atoms with Gasteiger partial charge in [-0.05, 0) is 36.1 Å². The molecular weight excluding hydrogens is 234 g/mol. The van der Waals surface area contributed by atoms with Crippen molar-refractivity contribution < 1.29 is 4.79 Å². The molecule has 2 heteroatoms. The lowest BCUT2D eigenvalue weighted by atomic mass is 10.0. The third-order valence-electron chi connectivity index (χ3n) is 2.93. The van der Waals surface area contributed by atoms with Crippen molar-refractivity contribution in [3.05, 3.63) is 65.7 Å². The molecule has 2 nitrogen and oxygen atoms in total. The molecule has 0 unspecified atom stereocenters. The molecule has 0 aliphatic heterocycles. The van der Waals surface area contributed by atoms with Crippen LogP contribution in [0.15, 0.2) is 54.6 Å². The molecule has 0 saturated carbocycles. The molecule has 0 bridgehead atoms. The Hall–Kier alpha value is -2.09. The molecule has 1 amide bonds. The van der Waals surface area contributed by atoms with Crippen LogP contribution in [0.1, 0.15) is 29.8 Å². The molecule has 2 aromatic carbocycles. The maximum Gasteiger partial charge on any atom is 0.255 e. The monoisotopic (exact) mass is 253 g/mol. The van der Waals surface area contributed by atoms with Crippen molar-refractivity contribution in [2.75, 3.05) is 5.32 Å². The number of nitrogens with one attached hydrogen (secondary N) is 1. The summed E-state index contributed by atoms with van der Waals surface area (Å²) in [4.78, 5) is 12.1. The van der Waals surface area contributed by atoms with Crippen molar-refractivity contribution in [1.29, 1.82) is 0 Å². The molecule has 19 heavy (non-hydrogen) atoms. The van der Waals surface area contributed by atoms with E-state index in [1.54, 1.807) is 0 Å². The fourth-order valence-corrected chi connectivity index (χ4v) is 2.04. The van der Waals surface area contributed by atoms with Crippen molar-refractivity contribution in [1.82, 2.24) is 0 Å². The maximum atomic E-state index is 12.1. The lowest BCUT2D eigenvalue weighted by Crippen LogP contribution is -2.13. The Morgan fingerprint density at radius 1 is 1.00 bits per heavy atom. The summed E-state index contributed by atoms with van der Waals surface area (Å²) in [5.74, 6) is 0.506. The first-order valence-corrected chi connectivity index (χ1v) is 6.61. The van der Waals surface area contributed by atoms with Crippen LogP contribution < -0.4 is 5.32 Å². The first kappa shape index (κ1) is 13.3. The van der Waals surface area contributed by atoms with E-state index in [9.17, 15) is 4.79 Å².